The van der Waals surface area contributed by atoms with Crippen molar-refractivity contribution in [2.75, 3.05) is 0 Å². The zero-order valence-electron chi connectivity index (χ0n) is 12.6. The number of aromatic nitrogens is 1. The van der Waals surface area contributed by atoms with E-state index in [0.717, 1.165) is 5.56 Å². The van der Waals surface area contributed by atoms with Crippen molar-refractivity contribution in [1.82, 2.24) is 10.3 Å². The summed E-state index contributed by atoms with van der Waals surface area (Å²) in [5, 5.41) is 11.5. The van der Waals surface area contributed by atoms with E-state index in [-0.39, 0.29) is 11.3 Å². The van der Waals surface area contributed by atoms with Gasteiger partial charge in [-0.15, -0.1) is 0 Å². The van der Waals surface area contributed by atoms with Crippen molar-refractivity contribution in [2.45, 2.75) is 46.1 Å². The van der Waals surface area contributed by atoms with Crippen molar-refractivity contribution in [3.63, 3.8) is 0 Å². The highest BCUT2D eigenvalue weighted by Crippen LogP contribution is 2.21. The fourth-order valence-corrected chi connectivity index (χ4v) is 1.59. The standard InChI is InChI=1S/C15H22N2O3/c1-9(14(19)20)10(2)17-13(18)12-7-6-11(8-16-12)15(3,4)5/h6-10H,1-5H3,(H,17,18)(H,19,20). The first kappa shape index (κ1) is 16.1. The van der Waals surface area contributed by atoms with Crippen molar-refractivity contribution in [3.05, 3.63) is 29.6 Å². The minimum Gasteiger partial charge on any atom is -0.481 e. The summed E-state index contributed by atoms with van der Waals surface area (Å²) in [6.45, 7) is 9.44. The van der Waals surface area contributed by atoms with Gasteiger partial charge in [0.05, 0.1) is 5.92 Å². The second kappa shape index (κ2) is 6.03. The number of hydrogen-bond donors (Lipinski definition) is 2. The lowest BCUT2D eigenvalue weighted by Crippen LogP contribution is -2.40. The Bertz CT molecular complexity index is 489. The van der Waals surface area contributed by atoms with E-state index in [9.17, 15) is 9.59 Å². The third kappa shape index (κ3) is 4.05. The van der Waals surface area contributed by atoms with Gasteiger partial charge >= 0.3 is 5.97 Å². The van der Waals surface area contributed by atoms with Gasteiger partial charge in [0.25, 0.3) is 5.91 Å². The second-order valence-corrected chi connectivity index (χ2v) is 6.07. The van der Waals surface area contributed by atoms with Crippen LogP contribution in [0.4, 0.5) is 0 Å². The predicted octanol–water partition coefficient (Wildman–Crippen LogP) is 2.22. The Morgan fingerprint density at radius 2 is 1.85 bits per heavy atom. The van der Waals surface area contributed by atoms with Crippen LogP contribution in [0.5, 0.6) is 0 Å². The van der Waals surface area contributed by atoms with E-state index in [0.29, 0.717) is 5.69 Å². The maximum atomic E-state index is 12.0. The van der Waals surface area contributed by atoms with Crippen LogP contribution in [0.1, 0.15) is 50.7 Å². The van der Waals surface area contributed by atoms with Gasteiger partial charge in [0.2, 0.25) is 0 Å². The maximum Gasteiger partial charge on any atom is 0.308 e. The lowest BCUT2D eigenvalue weighted by Gasteiger charge is -2.19. The van der Waals surface area contributed by atoms with Crippen molar-refractivity contribution in [1.29, 1.82) is 0 Å². The highest BCUT2D eigenvalue weighted by atomic mass is 16.4. The molecule has 0 saturated heterocycles. The Hall–Kier alpha value is -1.91. The summed E-state index contributed by atoms with van der Waals surface area (Å²) < 4.78 is 0. The van der Waals surface area contributed by atoms with Crippen LogP contribution < -0.4 is 5.32 Å². The fraction of sp³-hybridized carbons (Fsp3) is 0.533. The van der Waals surface area contributed by atoms with Gasteiger partial charge < -0.3 is 10.4 Å². The molecule has 20 heavy (non-hydrogen) atoms. The molecule has 0 aliphatic heterocycles. The summed E-state index contributed by atoms with van der Waals surface area (Å²) in [7, 11) is 0. The lowest BCUT2D eigenvalue weighted by molar-refractivity contribution is -0.141. The molecule has 0 aliphatic rings. The first-order chi connectivity index (χ1) is 9.12. The Balaban J connectivity index is 2.76. The molecule has 1 aromatic rings. The molecule has 2 unspecified atom stereocenters. The summed E-state index contributed by atoms with van der Waals surface area (Å²) in [6.07, 6.45) is 1.68. The quantitative estimate of drug-likeness (QED) is 0.885. The number of carbonyl (C=O) groups excluding carboxylic acids is 1. The second-order valence-electron chi connectivity index (χ2n) is 6.07. The van der Waals surface area contributed by atoms with Gasteiger partial charge in [-0.1, -0.05) is 26.8 Å². The van der Waals surface area contributed by atoms with Gasteiger partial charge in [0, 0.05) is 12.2 Å². The minimum absolute atomic E-state index is 0.0207. The average Bonchev–Trinajstić information content (AvgIpc) is 2.36. The molecular weight excluding hydrogens is 256 g/mol. The van der Waals surface area contributed by atoms with Crippen LogP contribution in [0.25, 0.3) is 0 Å². The van der Waals surface area contributed by atoms with E-state index in [2.05, 4.69) is 31.1 Å². The van der Waals surface area contributed by atoms with Gasteiger partial charge in [0.15, 0.2) is 0 Å². The number of aliphatic carboxylic acids is 1. The van der Waals surface area contributed by atoms with Crippen molar-refractivity contribution in [3.8, 4) is 0 Å². The van der Waals surface area contributed by atoms with Gasteiger partial charge in [-0.05, 0) is 30.9 Å². The maximum absolute atomic E-state index is 12.0. The van der Waals surface area contributed by atoms with Crippen LogP contribution in [0.2, 0.25) is 0 Å². The first-order valence-electron chi connectivity index (χ1n) is 6.63. The van der Waals surface area contributed by atoms with E-state index in [1.807, 2.05) is 6.07 Å². The lowest BCUT2D eigenvalue weighted by atomic mass is 9.88. The zero-order chi connectivity index (χ0) is 15.5. The SMILES string of the molecule is CC(NC(=O)c1ccc(C(C)(C)C)cn1)C(C)C(=O)O. The molecule has 5 nitrogen and oxygen atoms in total. The van der Waals surface area contributed by atoms with E-state index in [1.165, 1.54) is 0 Å². The third-order valence-corrected chi connectivity index (χ3v) is 3.36. The summed E-state index contributed by atoms with van der Waals surface area (Å²) in [5.74, 6) is -1.94. The highest BCUT2D eigenvalue weighted by Gasteiger charge is 2.22. The van der Waals surface area contributed by atoms with E-state index >= 15 is 0 Å². The average molecular weight is 278 g/mol. The molecule has 110 valence electrons. The summed E-state index contributed by atoms with van der Waals surface area (Å²) in [6, 6.07) is 3.07. The van der Waals surface area contributed by atoms with E-state index in [1.54, 1.807) is 26.1 Å². The molecule has 0 radical (unpaired) electrons. The predicted molar refractivity (Wildman–Crippen MR) is 76.7 cm³/mol. The van der Waals surface area contributed by atoms with Crippen LogP contribution in [0.3, 0.4) is 0 Å². The number of carboxylic acid groups (broad SMARTS) is 1. The molecule has 1 amide bonds. The Kier molecular flexibility index (Phi) is 4.87. The molecule has 0 fully saturated rings. The topological polar surface area (TPSA) is 79.3 Å². The van der Waals surface area contributed by atoms with Crippen molar-refractivity contribution < 1.29 is 14.7 Å². The molecular formula is C15H22N2O3. The van der Waals surface area contributed by atoms with Crippen LogP contribution in [-0.4, -0.2) is 28.0 Å². The summed E-state index contributed by atoms with van der Waals surface area (Å²) in [4.78, 5) is 27.0. The number of pyridine rings is 1. The van der Waals surface area contributed by atoms with Crippen molar-refractivity contribution >= 4 is 11.9 Å². The number of carboxylic acids is 1. The van der Waals surface area contributed by atoms with Gasteiger partial charge in [-0.25, -0.2) is 0 Å². The minimum atomic E-state index is -0.936. The molecule has 0 spiro atoms. The summed E-state index contributed by atoms with van der Waals surface area (Å²) in [5.41, 5.74) is 1.32. The summed E-state index contributed by atoms with van der Waals surface area (Å²) >= 11 is 0. The highest BCUT2D eigenvalue weighted by molar-refractivity contribution is 5.92. The van der Waals surface area contributed by atoms with Crippen LogP contribution in [0.15, 0.2) is 18.3 Å². The fourth-order valence-electron chi connectivity index (χ4n) is 1.59. The Labute approximate surface area is 119 Å². The largest absolute Gasteiger partial charge is 0.481 e. The van der Waals surface area contributed by atoms with E-state index < -0.39 is 17.9 Å². The molecule has 0 saturated carbocycles. The number of hydrogen-bond acceptors (Lipinski definition) is 3. The zero-order valence-corrected chi connectivity index (χ0v) is 12.6. The van der Waals surface area contributed by atoms with Gasteiger partial charge in [-0.2, -0.15) is 0 Å². The molecule has 0 bridgehead atoms. The Morgan fingerprint density at radius 3 is 2.25 bits per heavy atom. The number of carbonyl (C=O) groups is 2. The normalized spacial score (nSPS) is 14.4. The monoisotopic (exact) mass is 278 g/mol. The van der Waals surface area contributed by atoms with Crippen molar-refractivity contribution in [2.24, 2.45) is 5.92 Å². The molecule has 2 N–H and O–H groups in total. The molecule has 5 heteroatoms. The molecule has 1 aromatic heterocycles. The number of rotatable bonds is 4. The van der Waals surface area contributed by atoms with Crippen LogP contribution in [0, 0.1) is 5.92 Å². The molecule has 1 heterocycles. The Morgan fingerprint density at radius 1 is 1.25 bits per heavy atom. The smallest absolute Gasteiger partial charge is 0.308 e. The number of nitrogens with zero attached hydrogens (tertiary/aromatic N) is 1. The number of amides is 1. The van der Waals surface area contributed by atoms with Gasteiger partial charge in [0.1, 0.15) is 5.69 Å². The molecule has 0 aliphatic carbocycles. The molecule has 0 aromatic carbocycles. The van der Waals surface area contributed by atoms with Crippen LogP contribution >= 0.6 is 0 Å². The van der Waals surface area contributed by atoms with Gasteiger partial charge in [-0.3, -0.25) is 14.6 Å². The van der Waals surface area contributed by atoms with Crippen LogP contribution in [-0.2, 0) is 10.2 Å². The molecule has 1 rings (SSSR count). The number of nitrogens with one attached hydrogen (secondary N) is 1. The molecule has 2 atom stereocenters. The third-order valence-electron chi connectivity index (χ3n) is 3.36. The van der Waals surface area contributed by atoms with E-state index in [4.69, 9.17) is 5.11 Å². The first-order valence-corrected chi connectivity index (χ1v) is 6.63.